The molecule has 3 aliphatic rings. The number of ether oxygens (including phenoxy) is 1. The normalized spacial score (nSPS) is 35.4. The highest BCUT2D eigenvalue weighted by Gasteiger charge is 2.51. The molecular weight excluding hydrogens is 282 g/mol. The highest BCUT2D eigenvalue weighted by atomic mass is 16.5. The molecule has 2 nitrogen and oxygen atoms in total. The van der Waals surface area contributed by atoms with Crippen LogP contribution in [0.25, 0.3) is 0 Å². The van der Waals surface area contributed by atoms with Crippen molar-refractivity contribution in [2.24, 2.45) is 17.3 Å². The van der Waals surface area contributed by atoms with Crippen molar-refractivity contribution in [1.29, 1.82) is 0 Å². The lowest BCUT2D eigenvalue weighted by Crippen LogP contribution is -2.40. The Hall–Kier alpha value is -1.44. The number of benzene rings is 1. The van der Waals surface area contributed by atoms with Gasteiger partial charge in [0.25, 0.3) is 0 Å². The van der Waals surface area contributed by atoms with Crippen molar-refractivity contribution >= 4 is 5.69 Å². The molecule has 2 heteroatoms. The highest BCUT2D eigenvalue weighted by molar-refractivity contribution is 5.58. The molecule has 124 valence electrons. The van der Waals surface area contributed by atoms with Crippen LogP contribution in [0, 0.1) is 17.3 Å². The standard InChI is InChI=1S/C21H29NO/c1-4-23-20-12-17-14(11-19(20)22)6-7-16-15(17)9-10-21(3)13(2)5-8-18(16)21/h11-12,15-16,18H,2,4-10,22H2,1,3H3/t15?,16?,18?,21-/m1/s1. The lowest BCUT2D eigenvalue weighted by molar-refractivity contribution is 0.0816. The van der Waals surface area contributed by atoms with Crippen LogP contribution < -0.4 is 10.5 Å². The SMILES string of the molecule is C=C1CCC2C3CCc4cc(N)c(OCC)cc4C3CC[C@]12C. The molecule has 0 bridgehead atoms. The van der Waals surface area contributed by atoms with E-state index >= 15 is 0 Å². The molecule has 0 heterocycles. The van der Waals surface area contributed by atoms with E-state index in [4.69, 9.17) is 10.5 Å². The highest BCUT2D eigenvalue weighted by Crippen LogP contribution is 2.62. The first-order valence-electron chi connectivity index (χ1n) is 9.28. The molecule has 0 saturated heterocycles. The average molecular weight is 311 g/mol. The third kappa shape index (κ3) is 2.14. The summed E-state index contributed by atoms with van der Waals surface area (Å²) < 4.78 is 5.77. The van der Waals surface area contributed by atoms with Crippen molar-refractivity contribution in [1.82, 2.24) is 0 Å². The van der Waals surface area contributed by atoms with Gasteiger partial charge in [-0.2, -0.15) is 0 Å². The van der Waals surface area contributed by atoms with E-state index in [1.807, 2.05) is 6.92 Å². The van der Waals surface area contributed by atoms with E-state index in [1.165, 1.54) is 55.2 Å². The Labute approximate surface area is 140 Å². The number of aryl methyl sites for hydroxylation is 1. The summed E-state index contributed by atoms with van der Waals surface area (Å²) in [7, 11) is 0. The second kappa shape index (κ2) is 5.29. The Morgan fingerprint density at radius 2 is 2.09 bits per heavy atom. The Morgan fingerprint density at radius 3 is 2.87 bits per heavy atom. The first-order valence-corrected chi connectivity index (χ1v) is 9.28. The van der Waals surface area contributed by atoms with E-state index in [9.17, 15) is 0 Å². The van der Waals surface area contributed by atoms with Gasteiger partial charge in [-0.3, -0.25) is 0 Å². The van der Waals surface area contributed by atoms with E-state index in [2.05, 4.69) is 25.6 Å². The van der Waals surface area contributed by atoms with Crippen LogP contribution in [0.5, 0.6) is 5.75 Å². The molecule has 0 aliphatic heterocycles. The fraction of sp³-hybridized carbons (Fsp3) is 0.619. The fourth-order valence-corrected chi connectivity index (χ4v) is 5.81. The lowest BCUT2D eigenvalue weighted by Gasteiger charge is -2.49. The van der Waals surface area contributed by atoms with E-state index in [-0.39, 0.29) is 0 Å². The summed E-state index contributed by atoms with van der Waals surface area (Å²) in [5, 5.41) is 0. The van der Waals surface area contributed by atoms with Gasteiger partial charge in [0.05, 0.1) is 12.3 Å². The average Bonchev–Trinajstić information content (AvgIpc) is 2.84. The summed E-state index contributed by atoms with van der Waals surface area (Å²) >= 11 is 0. The number of hydrogen-bond donors (Lipinski definition) is 1. The quantitative estimate of drug-likeness (QED) is 0.610. The molecule has 0 spiro atoms. The molecule has 1 aromatic carbocycles. The van der Waals surface area contributed by atoms with Gasteiger partial charge in [-0.25, -0.2) is 0 Å². The first kappa shape index (κ1) is 15.1. The summed E-state index contributed by atoms with van der Waals surface area (Å²) in [5.74, 6) is 3.23. The summed E-state index contributed by atoms with van der Waals surface area (Å²) in [5.41, 5.74) is 11.9. The zero-order chi connectivity index (χ0) is 16.2. The van der Waals surface area contributed by atoms with Crippen LogP contribution >= 0.6 is 0 Å². The maximum Gasteiger partial charge on any atom is 0.142 e. The van der Waals surface area contributed by atoms with Crippen LogP contribution in [0.2, 0.25) is 0 Å². The van der Waals surface area contributed by atoms with Gasteiger partial charge in [0, 0.05) is 0 Å². The van der Waals surface area contributed by atoms with Gasteiger partial charge < -0.3 is 10.5 Å². The van der Waals surface area contributed by atoms with E-state index in [0.717, 1.165) is 23.3 Å². The Balaban J connectivity index is 1.71. The third-order valence-electron chi connectivity index (χ3n) is 7.11. The van der Waals surface area contributed by atoms with Crippen molar-refractivity contribution in [3.05, 3.63) is 35.4 Å². The summed E-state index contributed by atoms with van der Waals surface area (Å²) in [4.78, 5) is 0. The molecule has 2 saturated carbocycles. The summed E-state index contributed by atoms with van der Waals surface area (Å²) in [6.07, 6.45) is 7.66. The predicted molar refractivity (Wildman–Crippen MR) is 95.8 cm³/mol. The fourth-order valence-electron chi connectivity index (χ4n) is 5.81. The number of rotatable bonds is 2. The minimum atomic E-state index is 0.398. The van der Waals surface area contributed by atoms with E-state index in [0.29, 0.717) is 17.9 Å². The predicted octanol–water partition coefficient (Wildman–Crippen LogP) is 5.08. The third-order valence-corrected chi connectivity index (χ3v) is 7.11. The van der Waals surface area contributed by atoms with Crippen molar-refractivity contribution < 1.29 is 4.74 Å². The maximum atomic E-state index is 6.19. The van der Waals surface area contributed by atoms with E-state index < -0.39 is 0 Å². The largest absolute Gasteiger partial charge is 0.492 e. The smallest absolute Gasteiger partial charge is 0.142 e. The molecule has 3 unspecified atom stereocenters. The molecule has 2 N–H and O–H groups in total. The van der Waals surface area contributed by atoms with Crippen LogP contribution in [0.4, 0.5) is 5.69 Å². The second-order valence-electron chi connectivity index (χ2n) is 8.04. The summed E-state index contributed by atoms with van der Waals surface area (Å²) in [6, 6.07) is 4.44. The molecule has 0 aromatic heterocycles. The zero-order valence-electron chi connectivity index (χ0n) is 14.5. The molecule has 0 radical (unpaired) electrons. The topological polar surface area (TPSA) is 35.2 Å². The van der Waals surface area contributed by atoms with Gasteiger partial charge in [0.15, 0.2) is 0 Å². The Morgan fingerprint density at radius 1 is 1.26 bits per heavy atom. The zero-order valence-corrected chi connectivity index (χ0v) is 14.5. The van der Waals surface area contributed by atoms with Crippen molar-refractivity contribution in [2.45, 2.75) is 58.3 Å². The van der Waals surface area contributed by atoms with Crippen molar-refractivity contribution in [3.8, 4) is 5.75 Å². The number of hydrogen-bond acceptors (Lipinski definition) is 2. The lowest BCUT2D eigenvalue weighted by atomic mass is 9.55. The molecule has 0 amide bonds. The minimum Gasteiger partial charge on any atom is -0.492 e. The summed E-state index contributed by atoms with van der Waals surface area (Å²) in [6.45, 7) is 9.59. The molecule has 2 fully saturated rings. The number of nitrogen functional groups attached to an aromatic ring is 1. The number of nitrogens with two attached hydrogens (primary N) is 1. The minimum absolute atomic E-state index is 0.398. The molecule has 23 heavy (non-hydrogen) atoms. The van der Waals surface area contributed by atoms with Gasteiger partial charge in [0.1, 0.15) is 5.75 Å². The Bertz CT molecular complexity index is 649. The van der Waals surface area contributed by atoms with Crippen molar-refractivity contribution in [3.63, 3.8) is 0 Å². The second-order valence-corrected chi connectivity index (χ2v) is 8.04. The molecule has 3 aliphatic carbocycles. The number of fused-ring (bicyclic) bond motifs is 5. The molecule has 1 aromatic rings. The van der Waals surface area contributed by atoms with Gasteiger partial charge >= 0.3 is 0 Å². The van der Waals surface area contributed by atoms with Crippen LogP contribution in [0.3, 0.4) is 0 Å². The number of allylic oxidation sites excluding steroid dienone is 1. The molecule has 4 atom stereocenters. The van der Waals surface area contributed by atoms with Gasteiger partial charge in [-0.05, 0) is 91.9 Å². The van der Waals surface area contributed by atoms with Gasteiger partial charge in [-0.15, -0.1) is 0 Å². The van der Waals surface area contributed by atoms with Crippen molar-refractivity contribution in [2.75, 3.05) is 12.3 Å². The Kier molecular flexibility index (Phi) is 3.48. The van der Waals surface area contributed by atoms with Gasteiger partial charge in [-0.1, -0.05) is 19.1 Å². The van der Waals surface area contributed by atoms with Crippen LogP contribution in [0.1, 0.15) is 63.0 Å². The van der Waals surface area contributed by atoms with Gasteiger partial charge in [0.2, 0.25) is 0 Å². The van der Waals surface area contributed by atoms with E-state index in [1.54, 1.807) is 0 Å². The molecular formula is C21H29NO. The monoisotopic (exact) mass is 311 g/mol. The van der Waals surface area contributed by atoms with Crippen LogP contribution in [-0.2, 0) is 6.42 Å². The van der Waals surface area contributed by atoms with Crippen LogP contribution in [0.15, 0.2) is 24.3 Å². The maximum absolute atomic E-state index is 6.19. The first-order chi connectivity index (χ1) is 11.0. The number of anilines is 1. The molecule has 4 rings (SSSR count). The van der Waals surface area contributed by atoms with Crippen LogP contribution in [-0.4, -0.2) is 6.61 Å².